The van der Waals surface area contributed by atoms with Crippen molar-refractivity contribution >= 4 is 0 Å². The van der Waals surface area contributed by atoms with Crippen LogP contribution in [0.1, 0.15) is 0 Å². The minimum Gasteiger partial charge on any atom is -0.488 e. The normalized spacial score (nSPS) is 10.3. The van der Waals surface area contributed by atoms with Crippen molar-refractivity contribution < 1.29 is 9.47 Å². The molecule has 74 valence electrons. The molecule has 13 heavy (non-hydrogen) atoms. The smallest absolute Gasteiger partial charge is 0.157 e. The number of hydrogen-bond donors (Lipinski definition) is 1. The van der Waals surface area contributed by atoms with Gasteiger partial charge in [0.25, 0.3) is 0 Å². The maximum atomic E-state index is 5.32. The molecular weight excluding hydrogens is 170 g/mol. The first-order valence-corrected chi connectivity index (χ1v) is 4.22. The van der Waals surface area contributed by atoms with Gasteiger partial charge in [0.1, 0.15) is 6.61 Å². The first-order chi connectivity index (χ1) is 6.33. The van der Waals surface area contributed by atoms with Crippen LogP contribution in [0.3, 0.4) is 0 Å². The van der Waals surface area contributed by atoms with Crippen LogP contribution < -0.4 is 10.5 Å². The van der Waals surface area contributed by atoms with Crippen molar-refractivity contribution in [1.29, 1.82) is 0 Å². The largest absolute Gasteiger partial charge is 0.488 e. The fourth-order valence-corrected chi connectivity index (χ4v) is 0.877. The number of nitrogens with zero attached hydrogens (tertiary/aromatic N) is 2. The van der Waals surface area contributed by atoms with Gasteiger partial charge in [0.05, 0.1) is 25.6 Å². The topological polar surface area (TPSA) is 62.3 Å². The molecule has 0 aliphatic heterocycles. The summed E-state index contributed by atoms with van der Waals surface area (Å²) in [5, 5.41) is 3.96. The monoisotopic (exact) mass is 185 g/mol. The standard InChI is InChI=1S/C8H15N3O2/c1-11-7-8(6-10-11)13-5-4-12-3-2-9/h6-7H,2-5,9H2,1H3. The molecule has 5 nitrogen and oxygen atoms in total. The zero-order chi connectivity index (χ0) is 9.52. The van der Waals surface area contributed by atoms with E-state index in [9.17, 15) is 0 Å². The van der Waals surface area contributed by atoms with Gasteiger partial charge >= 0.3 is 0 Å². The van der Waals surface area contributed by atoms with E-state index in [-0.39, 0.29) is 0 Å². The van der Waals surface area contributed by atoms with Crippen LogP contribution in [0.4, 0.5) is 0 Å². The molecule has 1 heterocycles. The molecule has 0 fully saturated rings. The predicted octanol–water partition coefficient (Wildman–Crippen LogP) is -0.226. The van der Waals surface area contributed by atoms with Gasteiger partial charge in [0.2, 0.25) is 0 Å². The van der Waals surface area contributed by atoms with E-state index in [0.29, 0.717) is 26.4 Å². The van der Waals surface area contributed by atoms with Gasteiger partial charge in [-0.15, -0.1) is 0 Å². The molecule has 0 atom stereocenters. The minimum atomic E-state index is 0.533. The van der Waals surface area contributed by atoms with Gasteiger partial charge in [0.15, 0.2) is 5.75 Å². The minimum absolute atomic E-state index is 0.533. The zero-order valence-electron chi connectivity index (χ0n) is 7.77. The highest BCUT2D eigenvalue weighted by atomic mass is 16.5. The first kappa shape index (κ1) is 10.0. The van der Waals surface area contributed by atoms with E-state index in [4.69, 9.17) is 15.2 Å². The molecule has 0 aliphatic rings. The Morgan fingerprint density at radius 1 is 1.46 bits per heavy atom. The summed E-state index contributed by atoms with van der Waals surface area (Å²) < 4.78 is 12.1. The van der Waals surface area contributed by atoms with E-state index in [0.717, 1.165) is 5.75 Å². The van der Waals surface area contributed by atoms with Crippen molar-refractivity contribution in [2.24, 2.45) is 12.8 Å². The summed E-state index contributed by atoms with van der Waals surface area (Å²) in [6.45, 7) is 2.22. The van der Waals surface area contributed by atoms with Gasteiger partial charge in [-0.1, -0.05) is 0 Å². The Morgan fingerprint density at radius 3 is 2.92 bits per heavy atom. The average Bonchev–Trinajstić information content (AvgIpc) is 2.51. The Bertz CT molecular complexity index is 237. The second kappa shape index (κ2) is 5.55. The SMILES string of the molecule is Cn1cc(OCCOCCN)cn1. The van der Waals surface area contributed by atoms with Gasteiger partial charge in [-0.25, -0.2) is 0 Å². The summed E-state index contributed by atoms with van der Waals surface area (Å²) in [6.07, 6.45) is 3.48. The van der Waals surface area contributed by atoms with E-state index in [2.05, 4.69) is 5.10 Å². The summed E-state index contributed by atoms with van der Waals surface area (Å²) in [6, 6.07) is 0. The molecule has 0 unspecified atom stereocenters. The lowest BCUT2D eigenvalue weighted by atomic mass is 10.6. The molecule has 0 amide bonds. The molecule has 5 heteroatoms. The molecule has 0 radical (unpaired) electrons. The number of ether oxygens (including phenoxy) is 2. The molecule has 1 rings (SSSR count). The third-order valence-corrected chi connectivity index (χ3v) is 1.44. The van der Waals surface area contributed by atoms with Crippen LogP contribution in [0.25, 0.3) is 0 Å². The maximum Gasteiger partial charge on any atom is 0.157 e. The second-order valence-electron chi connectivity index (χ2n) is 2.60. The van der Waals surface area contributed by atoms with E-state index in [1.165, 1.54) is 0 Å². The molecule has 0 spiro atoms. The van der Waals surface area contributed by atoms with Gasteiger partial charge in [0, 0.05) is 13.6 Å². The lowest BCUT2D eigenvalue weighted by Crippen LogP contribution is -2.12. The van der Waals surface area contributed by atoms with Crippen LogP contribution in [0.15, 0.2) is 12.4 Å². The molecule has 2 N–H and O–H groups in total. The van der Waals surface area contributed by atoms with Gasteiger partial charge in [-0.2, -0.15) is 5.10 Å². The van der Waals surface area contributed by atoms with E-state index in [1.807, 2.05) is 13.2 Å². The van der Waals surface area contributed by atoms with Gasteiger partial charge < -0.3 is 15.2 Å². The van der Waals surface area contributed by atoms with Crippen molar-refractivity contribution in [1.82, 2.24) is 9.78 Å². The van der Waals surface area contributed by atoms with Crippen LogP contribution in [0.5, 0.6) is 5.75 Å². The highest BCUT2D eigenvalue weighted by Gasteiger charge is 1.95. The van der Waals surface area contributed by atoms with Crippen LogP contribution in [0, 0.1) is 0 Å². The highest BCUT2D eigenvalue weighted by Crippen LogP contribution is 2.05. The van der Waals surface area contributed by atoms with E-state index in [1.54, 1.807) is 10.9 Å². The number of aryl methyl sites for hydroxylation is 1. The number of aromatic nitrogens is 2. The molecule has 0 saturated heterocycles. The lowest BCUT2D eigenvalue weighted by molar-refractivity contribution is 0.106. The fourth-order valence-electron chi connectivity index (χ4n) is 0.877. The maximum absolute atomic E-state index is 5.32. The second-order valence-corrected chi connectivity index (χ2v) is 2.60. The quantitative estimate of drug-likeness (QED) is 0.622. The van der Waals surface area contributed by atoms with Crippen LogP contribution >= 0.6 is 0 Å². The third kappa shape index (κ3) is 3.91. The van der Waals surface area contributed by atoms with E-state index < -0.39 is 0 Å². The molecule has 0 aliphatic carbocycles. The number of nitrogens with two attached hydrogens (primary N) is 1. The van der Waals surface area contributed by atoms with Crippen molar-refractivity contribution in [3.63, 3.8) is 0 Å². The Hall–Kier alpha value is -1.07. The summed E-state index contributed by atoms with van der Waals surface area (Å²) in [4.78, 5) is 0. The molecular formula is C8H15N3O2. The van der Waals surface area contributed by atoms with E-state index >= 15 is 0 Å². The summed E-state index contributed by atoms with van der Waals surface area (Å²) in [5.41, 5.74) is 5.25. The first-order valence-electron chi connectivity index (χ1n) is 4.22. The molecule has 0 bridgehead atoms. The Kier molecular flexibility index (Phi) is 4.28. The fraction of sp³-hybridized carbons (Fsp3) is 0.625. The molecule has 1 aromatic rings. The summed E-state index contributed by atoms with van der Waals surface area (Å²) in [5.74, 6) is 0.763. The summed E-state index contributed by atoms with van der Waals surface area (Å²) >= 11 is 0. The van der Waals surface area contributed by atoms with Gasteiger partial charge in [-0.05, 0) is 0 Å². The molecule has 0 saturated carbocycles. The van der Waals surface area contributed by atoms with Crippen molar-refractivity contribution in [3.8, 4) is 5.75 Å². The number of hydrogen-bond acceptors (Lipinski definition) is 4. The van der Waals surface area contributed by atoms with Crippen molar-refractivity contribution in [2.45, 2.75) is 0 Å². The van der Waals surface area contributed by atoms with Crippen LogP contribution in [-0.2, 0) is 11.8 Å². The lowest BCUT2D eigenvalue weighted by Gasteiger charge is -2.03. The number of rotatable bonds is 6. The van der Waals surface area contributed by atoms with Crippen molar-refractivity contribution in [3.05, 3.63) is 12.4 Å². The average molecular weight is 185 g/mol. The Labute approximate surface area is 77.4 Å². The molecule has 0 aromatic carbocycles. The van der Waals surface area contributed by atoms with Crippen LogP contribution in [0.2, 0.25) is 0 Å². The predicted molar refractivity (Wildman–Crippen MR) is 48.6 cm³/mol. The van der Waals surface area contributed by atoms with Gasteiger partial charge in [-0.3, -0.25) is 4.68 Å². The Balaban J connectivity index is 2.06. The van der Waals surface area contributed by atoms with Crippen molar-refractivity contribution in [2.75, 3.05) is 26.4 Å². The highest BCUT2D eigenvalue weighted by molar-refractivity contribution is 5.10. The summed E-state index contributed by atoms with van der Waals surface area (Å²) in [7, 11) is 1.85. The van der Waals surface area contributed by atoms with Crippen LogP contribution in [-0.4, -0.2) is 36.1 Å². The zero-order valence-corrected chi connectivity index (χ0v) is 7.77. The third-order valence-electron chi connectivity index (χ3n) is 1.44. The Morgan fingerprint density at radius 2 is 2.31 bits per heavy atom. The molecule has 1 aromatic heterocycles.